The molecule has 1 aliphatic heterocycles. The quantitative estimate of drug-likeness (QED) is 0.454. The summed E-state index contributed by atoms with van der Waals surface area (Å²) in [6, 6.07) is 12.8. The van der Waals surface area contributed by atoms with Crippen molar-refractivity contribution in [2.75, 3.05) is 17.2 Å². The van der Waals surface area contributed by atoms with Crippen molar-refractivity contribution in [2.45, 2.75) is 63.9 Å². The zero-order valence-corrected chi connectivity index (χ0v) is 21.0. The summed E-state index contributed by atoms with van der Waals surface area (Å²) >= 11 is 6.54. The molecular weight excluding hydrogens is 462 g/mol. The highest BCUT2D eigenvalue weighted by Crippen LogP contribution is 2.46. The van der Waals surface area contributed by atoms with Gasteiger partial charge in [0.1, 0.15) is 11.9 Å². The molecule has 0 unspecified atom stereocenters. The van der Waals surface area contributed by atoms with Crippen molar-refractivity contribution in [1.82, 2.24) is 0 Å². The van der Waals surface area contributed by atoms with Crippen LogP contribution in [-0.4, -0.2) is 37.9 Å². The van der Waals surface area contributed by atoms with Crippen molar-refractivity contribution in [2.24, 2.45) is 5.41 Å². The van der Waals surface area contributed by atoms with E-state index >= 15 is 0 Å². The fourth-order valence-corrected chi connectivity index (χ4v) is 6.84. The van der Waals surface area contributed by atoms with Crippen molar-refractivity contribution in [3.05, 3.63) is 47.5 Å². The SMILES string of the molecule is CCCC[C@@]1(CC)CN(c2ccccc2)c2cc(Cl)c(O[C@@H](C)CC(=O)O)cc2S(=O)(=O)C1. The van der Waals surface area contributed by atoms with Gasteiger partial charge in [-0.15, -0.1) is 0 Å². The van der Waals surface area contributed by atoms with Crippen LogP contribution in [0.5, 0.6) is 5.75 Å². The Balaban J connectivity index is 2.17. The van der Waals surface area contributed by atoms with Crippen molar-refractivity contribution in [1.29, 1.82) is 0 Å². The highest BCUT2D eigenvalue weighted by Gasteiger charge is 2.42. The molecule has 0 spiro atoms. The molecule has 2 aromatic carbocycles. The molecule has 3 rings (SSSR count). The summed E-state index contributed by atoms with van der Waals surface area (Å²) in [7, 11) is -3.66. The van der Waals surface area contributed by atoms with Gasteiger partial charge in [-0.05, 0) is 38.0 Å². The summed E-state index contributed by atoms with van der Waals surface area (Å²) in [5, 5.41) is 9.29. The van der Waals surface area contributed by atoms with Crippen LogP contribution in [0.25, 0.3) is 0 Å². The van der Waals surface area contributed by atoms with E-state index in [-0.39, 0.29) is 27.8 Å². The number of benzene rings is 2. The molecule has 0 fully saturated rings. The number of hydrogen-bond donors (Lipinski definition) is 1. The monoisotopic (exact) mass is 493 g/mol. The lowest BCUT2D eigenvalue weighted by Gasteiger charge is -2.36. The van der Waals surface area contributed by atoms with Gasteiger partial charge in [-0.3, -0.25) is 4.79 Å². The predicted molar refractivity (Wildman–Crippen MR) is 132 cm³/mol. The molecule has 0 amide bonds. The summed E-state index contributed by atoms with van der Waals surface area (Å²) in [6.07, 6.45) is 2.61. The number of unbranched alkanes of at least 4 members (excludes halogenated alkanes) is 1. The normalized spacial score (nSPS) is 20.5. The average Bonchev–Trinajstić information content (AvgIpc) is 2.85. The van der Waals surface area contributed by atoms with Crippen molar-refractivity contribution in [3.63, 3.8) is 0 Å². The molecule has 0 radical (unpaired) electrons. The molecule has 0 saturated carbocycles. The summed E-state index contributed by atoms with van der Waals surface area (Å²) in [6.45, 7) is 6.35. The number of carboxylic acids is 1. The maximum Gasteiger partial charge on any atom is 0.307 e. The van der Waals surface area contributed by atoms with Gasteiger partial charge in [0.05, 0.1) is 27.8 Å². The van der Waals surface area contributed by atoms with Crippen molar-refractivity contribution in [3.8, 4) is 5.75 Å². The zero-order chi connectivity index (χ0) is 24.2. The van der Waals surface area contributed by atoms with Gasteiger partial charge in [-0.2, -0.15) is 0 Å². The zero-order valence-electron chi connectivity index (χ0n) is 19.4. The maximum atomic E-state index is 13.7. The van der Waals surface area contributed by atoms with E-state index in [1.54, 1.807) is 13.0 Å². The molecule has 1 heterocycles. The molecule has 33 heavy (non-hydrogen) atoms. The van der Waals surface area contributed by atoms with E-state index in [2.05, 4.69) is 18.7 Å². The number of fused-ring (bicyclic) bond motifs is 1. The smallest absolute Gasteiger partial charge is 0.307 e. The molecule has 0 aromatic heterocycles. The largest absolute Gasteiger partial charge is 0.489 e. The van der Waals surface area contributed by atoms with Crippen LogP contribution in [0.4, 0.5) is 11.4 Å². The minimum atomic E-state index is -3.66. The van der Waals surface area contributed by atoms with E-state index < -0.39 is 27.3 Å². The molecule has 6 nitrogen and oxygen atoms in total. The van der Waals surface area contributed by atoms with Crippen LogP contribution in [0.2, 0.25) is 5.02 Å². The minimum absolute atomic E-state index is 0.0403. The fraction of sp³-hybridized carbons (Fsp3) is 0.480. The van der Waals surface area contributed by atoms with Crippen LogP contribution in [0.15, 0.2) is 47.4 Å². The van der Waals surface area contributed by atoms with E-state index in [0.29, 0.717) is 12.2 Å². The Morgan fingerprint density at radius 1 is 1.24 bits per heavy atom. The molecule has 8 heteroatoms. The van der Waals surface area contributed by atoms with Crippen LogP contribution in [0.1, 0.15) is 52.9 Å². The lowest BCUT2D eigenvalue weighted by Crippen LogP contribution is -2.37. The van der Waals surface area contributed by atoms with Crippen LogP contribution in [0.3, 0.4) is 0 Å². The summed E-state index contributed by atoms with van der Waals surface area (Å²) < 4.78 is 33.2. The molecule has 0 aliphatic carbocycles. The van der Waals surface area contributed by atoms with Gasteiger partial charge in [-0.1, -0.05) is 56.5 Å². The number of sulfone groups is 1. The molecule has 0 bridgehead atoms. The van der Waals surface area contributed by atoms with Gasteiger partial charge >= 0.3 is 5.97 Å². The predicted octanol–water partition coefficient (Wildman–Crippen LogP) is 6.09. The van der Waals surface area contributed by atoms with Gasteiger partial charge in [0, 0.05) is 23.7 Å². The summed E-state index contributed by atoms with van der Waals surface area (Å²) in [4.78, 5) is 13.3. The Morgan fingerprint density at radius 2 is 1.94 bits per heavy atom. The lowest BCUT2D eigenvalue weighted by molar-refractivity contribution is -0.138. The fourth-order valence-electron chi connectivity index (χ4n) is 4.46. The first kappa shape index (κ1) is 25.4. The second-order valence-corrected chi connectivity index (χ2v) is 11.3. The second kappa shape index (κ2) is 10.3. The van der Waals surface area contributed by atoms with Crippen LogP contribution >= 0.6 is 11.6 Å². The first-order valence-corrected chi connectivity index (χ1v) is 13.4. The Labute approximate surface area is 201 Å². The highest BCUT2D eigenvalue weighted by molar-refractivity contribution is 7.91. The van der Waals surface area contributed by atoms with Crippen LogP contribution in [-0.2, 0) is 14.6 Å². The van der Waals surface area contributed by atoms with Gasteiger partial charge in [-0.25, -0.2) is 8.42 Å². The number of ether oxygens (including phenoxy) is 1. The van der Waals surface area contributed by atoms with Gasteiger partial charge in [0.25, 0.3) is 0 Å². The number of aliphatic carboxylic acids is 1. The topological polar surface area (TPSA) is 83.9 Å². The van der Waals surface area contributed by atoms with E-state index in [1.165, 1.54) is 6.07 Å². The third-order valence-corrected chi connectivity index (χ3v) is 8.58. The van der Waals surface area contributed by atoms with Crippen molar-refractivity contribution < 1.29 is 23.1 Å². The average molecular weight is 494 g/mol. The third-order valence-electron chi connectivity index (χ3n) is 6.30. The van der Waals surface area contributed by atoms with E-state index in [1.807, 2.05) is 30.3 Å². The van der Waals surface area contributed by atoms with Crippen molar-refractivity contribution >= 4 is 38.8 Å². The molecule has 1 aliphatic rings. The van der Waals surface area contributed by atoms with E-state index in [0.717, 1.165) is 31.4 Å². The number of anilines is 2. The molecule has 2 aromatic rings. The highest BCUT2D eigenvalue weighted by atomic mass is 35.5. The van der Waals surface area contributed by atoms with Gasteiger partial charge in [0.15, 0.2) is 9.84 Å². The standard InChI is InChI=1S/C25H32ClNO5S/c1-4-6-12-25(5-2)16-27(19-10-8-7-9-11-19)21-14-20(26)22(32-18(3)13-24(28)29)15-23(21)33(30,31)17-25/h7-11,14-15,18H,4-6,12-13,16-17H2,1-3H3,(H,28,29)/t18-,25-/m0/s1. The lowest BCUT2D eigenvalue weighted by atomic mass is 9.81. The summed E-state index contributed by atoms with van der Waals surface area (Å²) in [5.41, 5.74) is 1.01. The first-order valence-electron chi connectivity index (χ1n) is 11.4. The number of rotatable bonds is 9. The number of halogens is 1. The minimum Gasteiger partial charge on any atom is -0.489 e. The van der Waals surface area contributed by atoms with E-state index in [9.17, 15) is 13.2 Å². The third kappa shape index (κ3) is 5.82. The number of nitrogens with zero attached hydrogens (tertiary/aromatic N) is 1. The van der Waals surface area contributed by atoms with Gasteiger partial charge < -0.3 is 14.7 Å². The molecule has 180 valence electrons. The number of hydrogen-bond acceptors (Lipinski definition) is 5. The summed E-state index contributed by atoms with van der Waals surface area (Å²) in [5.74, 6) is -0.781. The van der Waals surface area contributed by atoms with Crippen LogP contribution < -0.4 is 9.64 Å². The molecule has 0 saturated heterocycles. The maximum absolute atomic E-state index is 13.7. The molecule has 2 atom stereocenters. The molecular formula is C25H32ClNO5S. The first-order chi connectivity index (χ1) is 15.6. The Kier molecular flexibility index (Phi) is 7.96. The van der Waals surface area contributed by atoms with E-state index in [4.69, 9.17) is 21.4 Å². The van der Waals surface area contributed by atoms with Gasteiger partial charge in [0.2, 0.25) is 0 Å². The number of carbonyl (C=O) groups is 1. The van der Waals surface area contributed by atoms with Crippen LogP contribution in [0, 0.1) is 5.41 Å². The Hall–Kier alpha value is -2.25. The Bertz CT molecular complexity index is 1090. The second-order valence-electron chi connectivity index (χ2n) is 8.91. The molecule has 1 N–H and O–H groups in total. The Morgan fingerprint density at radius 3 is 2.55 bits per heavy atom. The number of para-hydroxylation sites is 1. The number of carboxylic acid groups (broad SMARTS) is 1.